The van der Waals surface area contributed by atoms with E-state index in [1.807, 2.05) is 0 Å². The number of nitrogens with zero attached hydrogens (tertiary/aromatic N) is 2. The molecule has 9 nitrogen and oxygen atoms in total. The maximum atomic E-state index is 12.9. The molecule has 1 aromatic carbocycles. The molecule has 138 valence electrons. The average Bonchev–Trinajstić information content (AvgIpc) is 2.62. The van der Waals surface area contributed by atoms with Gasteiger partial charge in [-0.15, -0.1) is 0 Å². The van der Waals surface area contributed by atoms with Crippen molar-refractivity contribution < 1.29 is 27.9 Å². The lowest BCUT2D eigenvalue weighted by Crippen LogP contribution is -2.31. The third kappa shape index (κ3) is 4.09. The fourth-order valence-corrected chi connectivity index (χ4v) is 3.63. The number of aromatic nitrogens is 1. The summed E-state index contributed by atoms with van der Waals surface area (Å²) < 4.78 is 31.3. The molecule has 0 fully saturated rings. The SMILES string of the molecule is CCN(c1cncc(C(=O)O)c1)S(=O)(=O)c1ccc(NC(=O)OC)cc1. The van der Waals surface area contributed by atoms with Gasteiger partial charge in [-0.05, 0) is 37.3 Å². The van der Waals surface area contributed by atoms with E-state index in [0.717, 1.165) is 10.5 Å². The Morgan fingerprint density at radius 1 is 1.23 bits per heavy atom. The number of benzene rings is 1. The Kier molecular flexibility index (Phi) is 5.78. The Morgan fingerprint density at radius 3 is 2.42 bits per heavy atom. The van der Waals surface area contributed by atoms with Crippen molar-refractivity contribution in [3.05, 3.63) is 48.3 Å². The van der Waals surface area contributed by atoms with Gasteiger partial charge in [0.15, 0.2) is 0 Å². The van der Waals surface area contributed by atoms with Crippen LogP contribution in [0.15, 0.2) is 47.6 Å². The van der Waals surface area contributed by atoms with E-state index in [0.29, 0.717) is 5.69 Å². The summed E-state index contributed by atoms with van der Waals surface area (Å²) in [4.78, 5) is 26.0. The van der Waals surface area contributed by atoms with Gasteiger partial charge in [-0.25, -0.2) is 18.0 Å². The van der Waals surface area contributed by atoms with Crippen molar-refractivity contribution in [2.45, 2.75) is 11.8 Å². The van der Waals surface area contributed by atoms with E-state index in [1.54, 1.807) is 6.92 Å². The van der Waals surface area contributed by atoms with E-state index >= 15 is 0 Å². The Hall–Kier alpha value is -3.14. The maximum absolute atomic E-state index is 12.9. The molecule has 0 spiro atoms. The zero-order valence-corrected chi connectivity index (χ0v) is 14.9. The number of rotatable bonds is 6. The number of amides is 1. The van der Waals surface area contributed by atoms with Crippen LogP contribution in [0, 0.1) is 0 Å². The molecule has 0 saturated carbocycles. The molecule has 0 aliphatic heterocycles. The molecule has 0 aliphatic rings. The van der Waals surface area contributed by atoms with Crippen LogP contribution < -0.4 is 9.62 Å². The highest BCUT2D eigenvalue weighted by molar-refractivity contribution is 7.92. The second-order valence-corrected chi connectivity index (χ2v) is 6.91. The Labute approximate surface area is 150 Å². The van der Waals surface area contributed by atoms with Crippen molar-refractivity contribution in [1.29, 1.82) is 0 Å². The summed E-state index contributed by atoms with van der Waals surface area (Å²) in [6.45, 7) is 1.70. The standard InChI is InChI=1S/C16H17N3O6S/c1-3-19(13-8-11(15(20)21)9-17-10-13)26(23,24)14-6-4-12(5-7-14)18-16(22)25-2/h4-10H,3H2,1-2H3,(H,18,22)(H,20,21). The van der Waals surface area contributed by atoms with Gasteiger partial charge in [0.05, 0.1) is 29.5 Å². The minimum absolute atomic E-state index is 0.0181. The van der Waals surface area contributed by atoms with Crippen molar-refractivity contribution in [2.75, 3.05) is 23.3 Å². The number of carbonyl (C=O) groups excluding carboxylic acids is 1. The number of carboxylic acids is 1. The Balaban J connectivity index is 2.36. The van der Waals surface area contributed by atoms with Crippen molar-refractivity contribution in [1.82, 2.24) is 4.98 Å². The van der Waals surface area contributed by atoms with Gasteiger partial charge in [-0.1, -0.05) is 0 Å². The molecule has 0 unspecified atom stereocenters. The van der Waals surface area contributed by atoms with Crippen LogP contribution in [-0.2, 0) is 14.8 Å². The number of methoxy groups -OCH3 is 1. The normalized spacial score (nSPS) is 10.8. The van der Waals surface area contributed by atoms with E-state index < -0.39 is 22.1 Å². The lowest BCUT2D eigenvalue weighted by Gasteiger charge is -2.23. The summed E-state index contributed by atoms with van der Waals surface area (Å²) in [5.74, 6) is -1.20. The number of nitrogens with one attached hydrogen (secondary N) is 1. The molecular formula is C16H17N3O6S. The third-order valence-corrected chi connectivity index (χ3v) is 5.34. The van der Waals surface area contributed by atoms with Crippen LogP contribution in [-0.4, -0.2) is 44.2 Å². The predicted molar refractivity (Wildman–Crippen MR) is 93.9 cm³/mol. The highest BCUT2D eigenvalue weighted by atomic mass is 32.2. The Morgan fingerprint density at radius 2 is 1.88 bits per heavy atom. The van der Waals surface area contributed by atoms with E-state index in [-0.39, 0.29) is 22.7 Å². The van der Waals surface area contributed by atoms with E-state index in [4.69, 9.17) is 5.11 Å². The van der Waals surface area contributed by atoms with Gasteiger partial charge in [-0.3, -0.25) is 14.6 Å². The number of aromatic carboxylic acids is 1. The first-order chi connectivity index (χ1) is 12.3. The first kappa shape index (κ1) is 19.2. The van der Waals surface area contributed by atoms with E-state index in [9.17, 15) is 18.0 Å². The number of carbonyl (C=O) groups is 2. The van der Waals surface area contributed by atoms with Crippen LogP contribution in [0.3, 0.4) is 0 Å². The molecule has 1 amide bonds. The van der Waals surface area contributed by atoms with E-state index in [1.165, 1.54) is 43.6 Å². The number of hydrogen-bond donors (Lipinski definition) is 2. The summed E-state index contributed by atoms with van der Waals surface area (Å²) in [5, 5.41) is 11.5. The fourth-order valence-electron chi connectivity index (χ4n) is 2.18. The number of anilines is 2. The smallest absolute Gasteiger partial charge is 0.411 e. The van der Waals surface area contributed by atoms with Crippen molar-refractivity contribution >= 4 is 33.5 Å². The molecule has 2 aromatic rings. The predicted octanol–water partition coefficient (Wildman–Crippen LogP) is 2.17. The molecule has 2 N–H and O–H groups in total. The van der Waals surface area contributed by atoms with Gasteiger partial charge in [0, 0.05) is 18.4 Å². The monoisotopic (exact) mass is 379 g/mol. The summed E-state index contributed by atoms with van der Waals surface area (Å²) in [5.41, 5.74) is 0.395. The minimum atomic E-state index is -3.94. The van der Waals surface area contributed by atoms with Crippen molar-refractivity contribution in [2.24, 2.45) is 0 Å². The summed E-state index contributed by atoms with van der Waals surface area (Å²) in [7, 11) is -2.73. The fraction of sp³-hybridized carbons (Fsp3) is 0.188. The second kappa shape index (κ2) is 7.83. The van der Waals surface area contributed by atoms with Gasteiger partial charge >= 0.3 is 12.1 Å². The van der Waals surface area contributed by atoms with Crippen LogP contribution in [0.2, 0.25) is 0 Å². The first-order valence-corrected chi connectivity index (χ1v) is 8.89. The molecule has 0 atom stereocenters. The highest BCUT2D eigenvalue weighted by Gasteiger charge is 2.24. The van der Waals surface area contributed by atoms with Crippen LogP contribution in [0.4, 0.5) is 16.2 Å². The van der Waals surface area contributed by atoms with Crippen molar-refractivity contribution in [3.63, 3.8) is 0 Å². The quantitative estimate of drug-likeness (QED) is 0.787. The molecule has 10 heteroatoms. The number of hydrogen-bond acceptors (Lipinski definition) is 6. The summed E-state index contributed by atoms with van der Waals surface area (Å²) in [6, 6.07) is 6.74. The largest absolute Gasteiger partial charge is 0.478 e. The maximum Gasteiger partial charge on any atom is 0.411 e. The molecule has 0 bridgehead atoms. The number of pyridine rings is 1. The Bertz CT molecular complexity index is 912. The third-order valence-electron chi connectivity index (χ3n) is 3.42. The number of sulfonamides is 1. The molecular weight excluding hydrogens is 362 g/mol. The van der Waals surface area contributed by atoms with Gasteiger partial charge in [0.1, 0.15) is 0 Å². The van der Waals surface area contributed by atoms with Crippen LogP contribution in [0.25, 0.3) is 0 Å². The lowest BCUT2D eigenvalue weighted by atomic mass is 10.2. The molecule has 2 rings (SSSR count). The topological polar surface area (TPSA) is 126 Å². The molecule has 0 saturated heterocycles. The second-order valence-electron chi connectivity index (χ2n) is 5.05. The first-order valence-electron chi connectivity index (χ1n) is 7.45. The zero-order valence-electron chi connectivity index (χ0n) is 14.0. The highest BCUT2D eigenvalue weighted by Crippen LogP contribution is 2.24. The van der Waals surface area contributed by atoms with Gasteiger partial charge < -0.3 is 9.84 Å². The summed E-state index contributed by atoms with van der Waals surface area (Å²) >= 11 is 0. The lowest BCUT2D eigenvalue weighted by molar-refractivity contribution is 0.0696. The number of carboxylic acid groups (broad SMARTS) is 1. The van der Waals surface area contributed by atoms with Crippen LogP contribution >= 0.6 is 0 Å². The minimum Gasteiger partial charge on any atom is -0.478 e. The molecule has 1 aromatic heterocycles. The van der Waals surface area contributed by atoms with Gasteiger partial charge in [-0.2, -0.15) is 0 Å². The zero-order chi connectivity index (χ0) is 19.3. The van der Waals surface area contributed by atoms with E-state index in [2.05, 4.69) is 15.0 Å². The van der Waals surface area contributed by atoms with Crippen LogP contribution in [0.5, 0.6) is 0 Å². The van der Waals surface area contributed by atoms with Gasteiger partial charge in [0.25, 0.3) is 10.0 Å². The van der Waals surface area contributed by atoms with Crippen molar-refractivity contribution in [3.8, 4) is 0 Å². The summed E-state index contributed by atoms with van der Waals surface area (Å²) in [6.07, 6.45) is 1.74. The molecule has 0 radical (unpaired) electrons. The number of ether oxygens (including phenoxy) is 1. The molecule has 1 heterocycles. The molecule has 0 aliphatic carbocycles. The van der Waals surface area contributed by atoms with Crippen LogP contribution in [0.1, 0.15) is 17.3 Å². The average molecular weight is 379 g/mol. The van der Waals surface area contributed by atoms with Gasteiger partial charge in [0.2, 0.25) is 0 Å². The molecule has 26 heavy (non-hydrogen) atoms.